The lowest BCUT2D eigenvalue weighted by atomic mass is 9.97. The Labute approximate surface area is 348 Å². The zero-order valence-corrected chi connectivity index (χ0v) is 34.1. The Kier molecular flexibility index (Phi) is 10.4. The second-order valence-corrected chi connectivity index (χ2v) is 16.8. The van der Waals surface area contributed by atoms with Crippen molar-refractivity contribution in [2.24, 2.45) is 11.3 Å². The smallest absolute Gasteiger partial charge is 0.407 e. The van der Waals surface area contributed by atoms with Gasteiger partial charge in [0, 0.05) is 30.8 Å². The van der Waals surface area contributed by atoms with E-state index >= 15 is 0 Å². The maximum Gasteiger partial charge on any atom is 0.407 e. The number of likely N-dealkylation sites (tertiary alicyclic amines) is 1. The molecular weight excluding hydrogens is 757 g/mol. The number of aromatic nitrogens is 4. The minimum Gasteiger partial charge on any atom is -0.453 e. The molecule has 3 aliphatic rings. The van der Waals surface area contributed by atoms with Gasteiger partial charge in [0.15, 0.2) is 11.9 Å². The molecule has 13 heteroatoms. The summed E-state index contributed by atoms with van der Waals surface area (Å²) in [6.45, 7) is 3.11. The summed E-state index contributed by atoms with van der Waals surface area (Å²) in [6, 6.07) is 30.6. The summed E-state index contributed by atoms with van der Waals surface area (Å²) in [5.74, 6) is 8.12. The number of nitrogens with one attached hydrogen (secondary N) is 2. The molecule has 4 aromatic carbocycles. The Hall–Kier alpha value is -6.47. The van der Waals surface area contributed by atoms with Crippen LogP contribution in [0.4, 0.5) is 4.79 Å². The van der Waals surface area contributed by atoms with Gasteiger partial charge < -0.3 is 35.4 Å². The third kappa shape index (κ3) is 7.61. The lowest BCUT2D eigenvalue weighted by Gasteiger charge is -2.35. The molecule has 2 bridgehead atoms. The first-order chi connectivity index (χ1) is 29.1. The summed E-state index contributed by atoms with van der Waals surface area (Å²) in [5, 5.41) is 4.73. The van der Waals surface area contributed by atoms with Gasteiger partial charge in [-0.1, -0.05) is 85.8 Å². The molecule has 0 radical (unpaired) electrons. The van der Waals surface area contributed by atoms with E-state index in [9.17, 15) is 14.4 Å². The SMILES string of the molecule is COC(=O)NCC(=O)N1C2CC[C@@H](C2)[C@H]1c1ncc(-c2ccc(-c3ccc4cc(-c5cnc(CN(CC6(C)CC6)C(=O)[C@H](OC)c6ccccc6)[nH]5)ccc4c3)cc2)n1N. The lowest BCUT2D eigenvalue weighted by Crippen LogP contribution is -2.46. The van der Waals surface area contributed by atoms with E-state index in [1.54, 1.807) is 18.0 Å². The average Bonchev–Trinajstić information content (AvgIpc) is 3.75. The normalized spacial score (nSPS) is 19.3. The van der Waals surface area contributed by atoms with Gasteiger partial charge in [0.05, 0.1) is 43.5 Å². The van der Waals surface area contributed by atoms with Gasteiger partial charge in [-0.3, -0.25) is 9.59 Å². The Morgan fingerprint density at radius 2 is 1.60 bits per heavy atom. The molecule has 3 heterocycles. The Balaban J connectivity index is 0.889. The van der Waals surface area contributed by atoms with Gasteiger partial charge in [-0.25, -0.2) is 19.4 Å². The van der Waals surface area contributed by atoms with Gasteiger partial charge in [0.2, 0.25) is 5.91 Å². The number of nitrogens with two attached hydrogens (primary N) is 1. The van der Waals surface area contributed by atoms with E-state index in [0.717, 1.165) is 87.9 Å². The summed E-state index contributed by atoms with van der Waals surface area (Å²) in [7, 11) is 2.86. The van der Waals surface area contributed by atoms with Crippen LogP contribution in [0.15, 0.2) is 103 Å². The summed E-state index contributed by atoms with van der Waals surface area (Å²) >= 11 is 0. The number of piperidine rings is 1. The van der Waals surface area contributed by atoms with Crippen LogP contribution in [0.2, 0.25) is 0 Å². The minimum absolute atomic E-state index is 0.0633. The van der Waals surface area contributed by atoms with Crippen molar-refractivity contribution in [3.8, 4) is 33.6 Å². The number of rotatable bonds is 13. The molecular formula is C47H50N8O5. The van der Waals surface area contributed by atoms with E-state index in [4.69, 9.17) is 20.5 Å². The predicted octanol–water partition coefficient (Wildman–Crippen LogP) is 7.40. The van der Waals surface area contributed by atoms with Crippen LogP contribution in [0.25, 0.3) is 44.4 Å². The van der Waals surface area contributed by atoms with Crippen LogP contribution in [-0.2, 0) is 25.6 Å². The molecule has 1 unspecified atom stereocenters. The van der Waals surface area contributed by atoms with Crippen molar-refractivity contribution in [2.75, 3.05) is 33.2 Å². The molecule has 2 aliphatic carbocycles. The van der Waals surface area contributed by atoms with Crippen molar-refractivity contribution < 1.29 is 23.9 Å². The number of alkyl carbamates (subject to hydrolysis) is 1. The molecule has 1 aliphatic heterocycles. The molecule has 0 spiro atoms. The molecule has 4 N–H and O–H groups in total. The summed E-state index contributed by atoms with van der Waals surface area (Å²) < 4.78 is 12.0. The molecule has 2 saturated carbocycles. The number of hydrogen-bond donors (Lipinski definition) is 3. The zero-order valence-electron chi connectivity index (χ0n) is 34.1. The van der Waals surface area contributed by atoms with E-state index in [2.05, 4.69) is 70.5 Å². The van der Waals surface area contributed by atoms with Gasteiger partial charge in [-0.05, 0) is 83.0 Å². The second-order valence-electron chi connectivity index (χ2n) is 16.8. The van der Waals surface area contributed by atoms with Crippen molar-refractivity contribution in [1.82, 2.24) is 34.7 Å². The Bertz CT molecular complexity index is 2550. The Morgan fingerprint density at radius 1 is 0.900 bits per heavy atom. The fourth-order valence-corrected chi connectivity index (χ4v) is 9.21. The highest BCUT2D eigenvalue weighted by Crippen LogP contribution is 2.50. The molecule has 3 amide bonds. The number of amides is 3. The quantitative estimate of drug-likeness (QED) is 0.102. The van der Waals surface area contributed by atoms with E-state index in [1.807, 2.05) is 58.5 Å². The van der Waals surface area contributed by atoms with E-state index in [1.165, 1.54) is 7.11 Å². The number of aromatic amines is 1. The van der Waals surface area contributed by atoms with Crippen LogP contribution in [0, 0.1) is 11.3 Å². The molecule has 60 heavy (non-hydrogen) atoms. The van der Waals surface area contributed by atoms with Crippen molar-refractivity contribution >= 4 is 28.7 Å². The van der Waals surface area contributed by atoms with Crippen molar-refractivity contribution in [3.63, 3.8) is 0 Å². The number of benzene rings is 4. The first-order valence-electron chi connectivity index (χ1n) is 20.6. The average molecular weight is 807 g/mol. The minimum atomic E-state index is -0.677. The third-order valence-corrected chi connectivity index (χ3v) is 12.7. The number of carbonyl (C=O) groups is 3. The van der Waals surface area contributed by atoms with Crippen LogP contribution in [0.5, 0.6) is 0 Å². The van der Waals surface area contributed by atoms with Gasteiger partial charge >= 0.3 is 6.09 Å². The predicted molar refractivity (Wildman–Crippen MR) is 228 cm³/mol. The highest BCUT2D eigenvalue weighted by Gasteiger charge is 2.50. The van der Waals surface area contributed by atoms with Crippen LogP contribution in [-0.4, -0.2) is 80.7 Å². The van der Waals surface area contributed by atoms with E-state index in [-0.39, 0.29) is 41.8 Å². The monoisotopic (exact) mass is 806 g/mol. The maximum absolute atomic E-state index is 13.9. The van der Waals surface area contributed by atoms with E-state index < -0.39 is 12.2 Å². The molecule has 13 nitrogen and oxygen atoms in total. The second kappa shape index (κ2) is 15.9. The molecule has 2 aromatic heterocycles. The number of ether oxygens (including phenoxy) is 2. The molecule has 9 rings (SSSR count). The number of imidazole rings is 2. The highest BCUT2D eigenvalue weighted by atomic mass is 16.5. The van der Waals surface area contributed by atoms with Crippen molar-refractivity contribution in [1.29, 1.82) is 0 Å². The first-order valence-corrected chi connectivity index (χ1v) is 20.6. The van der Waals surface area contributed by atoms with Crippen LogP contribution in [0.3, 0.4) is 0 Å². The third-order valence-electron chi connectivity index (χ3n) is 12.7. The number of fused-ring (bicyclic) bond motifs is 3. The van der Waals surface area contributed by atoms with Crippen molar-refractivity contribution in [2.45, 2.75) is 63.8 Å². The van der Waals surface area contributed by atoms with Crippen molar-refractivity contribution in [3.05, 3.63) is 121 Å². The van der Waals surface area contributed by atoms with Gasteiger partial charge in [0.25, 0.3) is 5.91 Å². The summed E-state index contributed by atoms with van der Waals surface area (Å²) in [5.41, 5.74) is 6.69. The topological polar surface area (TPSA) is 161 Å². The Morgan fingerprint density at radius 3 is 2.32 bits per heavy atom. The number of nitrogens with zero attached hydrogens (tertiary/aromatic N) is 5. The number of nitrogen functional groups attached to an aromatic ring is 1. The summed E-state index contributed by atoms with van der Waals surface area (Å²) in [6.07, 6.45) is 7.33. The molecule has 1 saturated heterocycles. The number of H-pyrrole nitrogens is 1. The number of methoxy groups -OCH3 is 2. The molecule has 6 aromatic rings. The molecule has 3 fully saturated rings. The number of carbonyl (C=O) groups excluding carboxylic acids is 3. The van der Waals surface area contributed by atoms with Crippen LogP contribution in [0.1, 0.15) is 68.4 Å². The zero-order chi connectivity index (χ0) is 41.5. The van der Waals surface area contributed by atoms with Gasteiger partial charge in [-0.15, -0.1) is 0 Å². The standard InChI is InChI=1S/C47H50N8O5/c1-47(19-20-47)28-53(45(57)43(59-2)31-7-5-4-6-8-31)27-40-49-24-38(52-40)35-16-15-33-21-32(13-14-34(33)22-35)29-9-11-30(12-10-29)39-25-50-44(55(39)48)42-36-17-18-37(23-36)54(42)41(56)26-51-46(58)60-3/h4-16,21-22,24-25,36-37,42-43H,17-20,23,26-28,48H2,1-3H3,(H,49,52)(H,51,58)/t36-,37?,42-,43+/m0/s1. The number of hydrogen-bond acceptors (Lipinski definition) is 8. The summed E-state index contributed by atoms with van der Waals surface area (Å²) in [4.78, 5) is 55.5. The highest BCUT2D eigenvalue weighted by molar-refractivity contribution is 5.91. The molecule has 4 atom stereocenters. The fourth-order valence-electron chi connectivity index (χ4n) is 9.21. The lowest BCUT2D eigenvalue weighted by molar-refractivity contribution is -0.144. The molecule has 308 valence electrons. The van der Waals surface area contributed by atoms with Gasteiger partial charge in [-0.2, -0.15) is 0 Å². The van der Waals surface area contributed by atoms with Gasteiger partial charge in [0.1, 0.15) is 12.4 Å². The van der Waals surface area contributed by atoms with Crippen LogP contribution >= 0.6 is 0 Å². The first kappa shape index (κ1) is 39.0. The van der Waals surface area contributed by atoms with Crippen LogP contribution < -0.4 is 11.2 Å². The largest absolute Gasteiger partial charge is 0.453 e. The van der Waals surface area contributed by atoms with E-state index in [0.29, 0.717) is 18.9 Å². The maximum atomic E-state index is 13.9. The fraction of sp³-hybridized carbons (Fsp3) is 0.340.